The first-order valence-corrected chi connectivity index (χ1v) is 10.8. The summed E-state index contributed by atoms with van der Waals surface area (Å²) in [6.45, 7) is 0.0490. The number of ether oxygens (including phenoxy) is 4. The molecule has 174 valence electrons. The molecule has 4 rings (SSSR count). The van der Waals surface area contributed by atoms with E-state index in [0.29, 0.717) is 30.1 Å². The number of methoxy groups -OCH3 is 2. The smallest absolute Gasteiger partial charge is 0.166 e. The van der Waals surface area contributed by atoms with Gasteiger partial charge in [0.05, 0.1) is 27.4 Å². The molecule has 8 heteroatoms. The number of hydrogen-bond acceptors (Lipinski definition) is 8. The molecule has 0 aromatic heterocycles. The van der Waals surface area contributed by atoms with Gasteiger partial charge in [-0.15, -0.1) is 0 Å². The summed E-state index contributed by atoms with van der Waals surface area (Å²) >= 11 is 0. The number of aliphatic hydroxyl groups excluding tert-OH is 4. The van der Waals surface area contributed by atoms with Crippen LogP contribution in [-0.4, -0.2) is 72.3 Å². The average Bonchev–Trinajstić information content (AvgIpc) is 2.83. The molecule has 4 N–H and O–H groups in total. The van der Waals surface area contributed by atoms with Crippen LogP contribution in [0, 0.1) is 0 Å². The number of hydrogen-bond donors (Lipinski definition) is 4. The highest BCUT2D eigenvalue weighted by molar-refractivity contribution is 5.58. The van der Waals surface area contributed by atoms with Crippen LogP contribution in [0.3, 0.4) is 0 Å². The lowest BCUT2D eigenvalue weighted by Crippen LogP contribution is -2.55. The van der Waals surface area contributed by atoms with Crippen molar-refractivity contribution in [2.24, 2.45) is 0 Å². The third-order valence-corrected chi connectivity index (χ3v) is 6.23. The molecule has 0 saturated carbocycles. The van der Waals surface area contributed by atoms with Crippen molar-refractivity contribution in [1.82, 2.24) is 0 Å². The highest BCUT2D eigenvalue weighted by Crippen LogP contribution is 2.46. The molecule has 2 aliphatic heterocycles. The van der Waals surface area contributed by atoms with E-state index in [1.807, 2.05) is 30.3 Å². The molecule has 0 spiro atoms. The summed E-state index contributed by atoms with van der Waals surface area (Å²) < 4.78 is 22.7. The number of benzene rings is 2. The third-order valence-electron chi connectivity index (χ3n) is 6.23. The van der Waals surface area contributed by atoms with E-state index < -0.39 is 37.1 Å². The Morgan fingerprint density at radius 1 is 1.00 bits per heavy atom. The molecule has 8 nitrogen and oxygen atoms in total. The number of aliphatic hydroxyl groups is 4. The zero-order chi connectivity index (χ0) is 22.8. The zero-order valence-corrected chi connectivity index (χ0v) is 18.2. The molecule has 2 aromatic rings. The first-order chi connectivity index (χ1) is 15.5. The molecule has 5 atom stereocenters. The quantitative estimate of drug-likeness (QED) is 0.522. The Bertz CT molecular complexity index is 927. The molecule has 2 aromatic carbocycles. The molecular weight excluding hydrogens is 416 g/mol. The van der Waals surface area contributed by atoms with Crippen LogP contribution in [-0.2, 0) is 17.6 Å². The summed E-state index contributed by atoms with van der Waals surface area (Å²) in [5.41, 5.74) is 3.62. The SMILES string of the molecule is COc1ccc(Cc2cc([C@@H]3O[C@H](CO)[C@@H](O)[C@H](O)[C@H]3O)c(OC)c3c2CCCO3)cc1. The van der Waals surface area contributed by atoms with Gasteiger partial charge in [0.25, 0.3) is 0 Å². The van der Waals surface area contributed by atoms with Gasteiger partial charge in [-0.25, -0.2) is 0 Å². The predicted molar refractivity (Wildman–Crippen MR) is 115 cm³/mol. The van der Waals surface area contributed by atoms with Gasteiger partial charge in [0.2, 0.25) is 0 Å². The number of fused-ring (bicyclic) bond motifs is 1. The van der Waals surface area contributed by atoms with Crippen LogP contribution in [0.15, 0.2) is 30.3 Å². The highest BCUT2D eigenvalue weighted by Gasteiger charge is 2.45. The Labute approximate surface area is 186 Å². The Kier molecular flexibility index (Phi) is 6.88. The van der Waals surface area contributed by atoms with Gasteiger partial charge in [-0.3, -0.25) is 0 Å². The maximum atomic E-state index is 10.7. The van der Waals surface area contributed by atoms with E-state index in [-0.39, 0.29) is 0 Å². The molecule has 0 aliphatic carbocycles. The Balaban J connectivity index is 1.78. The van der Waals surface area contributed by atoms with E-state index in [9.17, 15) is 20.4 Å². The van der Waals surface area contributed by atoms with Crippen molar-refractivity contribution >= 4 is 0 Å². The third kappa shape index (κ3) is 4.16. The second kappa shape index (κ2) is 9.64. The molecule has 1 saturated heterocycles. The van der Waals surface area contributed by atoms with Crippen molar-refractivity contribution in [1.29, 1.82) is 0 Å². The van der Waals surface area contributed by atoms with Gasteiger partial charge in [-0.05, 0) is 48.6 Å². The van der Waals surface area contributed by atoms with E-state index in [2.05, 4.69) is 0 Å². The van der Waals surface area contributed by atoms with Gasteiger partial charge < -0.3 is 39.4 Å². The first kappa shape index (κ1) is 22.8. The molecule has 2 heterocycles. The van der Waals surface area contributed by atoms with Gasteiger partial charge in [0, 0.05) is 11.1 Å². The summed E-state index contributed by atoms with van der Waals surface area (Å²) in [5, 5.41) is 40.8. The molecule has 0 bridgehead atoms. The predicted octanol–water partition coefficient (Wildman–Crippen LogP) is 1.13. The van der Waals surface area contributed by atoms with Crippen LogP contribution >= 0.6 is 0 Å². The minimum absolute atomic E-state index is 0.433. The molecule has 0 radical (unpaired) electrons. The Morgan fingerprint density at radius 2 is 1.75 bits per heavy atom. The minimum Gasteiger partial charge on any atom is -0.497 e. The highest BCUT2D eigenvalue weighted by atomic mass is 16.5. The lowest BCUT2D eigenvalue weighted by atomic mass is 9.86. The first-order valence-electron chi connectivity index (χ1n) is 10.8. The lowest BCUT2D eigenvalue weighted by Gasteiger charge is -2.41. The van der Waals surface area contributed by atoms with Gasteiger partial charge >= 0.3 is 0 Å². The van der Waals surface area contributed by atoms with Crippen molar-refractivity contribution < 1.29 is 39.4 Å². The molecule has 1 fully saturated rings. The fraction of sp³-hybridized carbons (Fsp3) is 0.500. The fourth-order valence-electron chi connectivity index (χ4n) is 4.51. The van der Waals surface area contributed by atoms with Gasteiger partial charge in [-0.2, -0.15) is 0 Å². The van der Waals surface area contributed by atoms with Crippen molar-refractivity contribution in [2.75, 3.05) is 27.4 Å². The lowest BCUT2D eigenvalue weighted by molar-refractivity contribution is -0.232. The largest absolute Gasteiger partial charge is 0.497 e. The minimum atomic E-state index is -1.47. The van der Waals surface area contributed by atoms with Gasteiger partial charge in [0.1, 0.15) is 36.3 Å². The standard InChI is InChI=1S/C24H30O8/c1-29-15-7-5-13(6-8-15)10-14-11-17(23(30-2)24-16(14)4-3-9-31-24)22-21(28)20(27)19(26)18(12-25)32-22/h5-8,11,18-22,25-28H,3-4,9-10,12H2,1-2H3/t18-,19-,20+,21-,22+/m1/s1. The van der Waals surface area contributed by atoms with Crippen molar-refractivity contribution in [3.05, 3.63) is 52.6 Å². The van der Waals surface area contributed by atoms with Crippen LogP contribution in [0.1, 0.15) is 34.8 Å². The normalized spacial score (nSPS) is 27.4. The average molecular weight is 446 g/mol. The van der Waals surface area contributed by atoms with Crippen molar-refractivity contribution in [3.63, 3.8) is 0 Å². The second-order valence-corrected chi connectivity index (χ2v) is 8.19. The summed E-state index contributed by atoms with van der Waals surface area (Å²) in [6.07, 6.45) is -4.00. The zero-order valence-electron chi connectivity index (χ0n) is 18.2. The van der Waals surface area contributed by atoms with Crippen molar-refractivity contribution in [3.8, 4) is 17.2 Å². The number of rotatable bonds is 6. The van der Waals surface area contributed by atoms with Crippen LogP contribution in [0.4, 0.5) is 0 Å². The van der Waals surface area contributed by atoms with Crippen molar-refractivity contribution in [2.45, 2.75) is 49.8 Å². The summed E-state index contributed by atoms with van der Waals surface area (Å²) in [6, 6.07) is 9.70. The van der Waals surface area contributed by atoms with E-state index in [1.54, 1.807) is 7.11 Å². The van der Waals surface area contributed by atoms with E-state index in [0.717, 1.165) is 35.3 Å². The van der Waals surface area contributed by atoms with Crippen LogP contribution < -0.4 is 14.2 Å². The van der Waals surface area contributed by atoms with Crippen LogP contribution in [0.2, 0.25) is 0 Å². The maximum absolute atomic E-state index is 10.7. The molecule has 0 unspecified atom stereocenters. The van der Waals surface area contributed by atoms with Crippen LogP contribution in [0.5, 0.6) is 17.2 Å². The second-order valence-electron chi connectivity index (χ2n) is 8.19. The van der Waals surface area contributed by atoms with Crippen LogP contribution in [0.25, 0.3) is 0 Å². The fourth-order valence-corrected chi connectivity index (χ4v) is 4.51. The van der Waals surface area contributed by atoms with E-state index in [1.165, 1.54) is 7.11 Å². The maximum Gasteiger partial charge on any atom is 0.166 e. The Hall–Kier alpha value is -2.36. The monoisotopic (exact) mass is 446 g/mol. The Morgan fingerprint density at radius 3 is 2.41 bits per heavy atom. The van der Waals surface area contributed by atoms with Gasteiger partial charge in [-0.1, -0.05) is 12.1 Å². The molecule has 32 heavy (non-hydrogen) atoms. The van der Waals surface area contributed by atoms with E-state index in [4.69, 9.17) is 18.9 Å². The summed E-state index contributed by atoms with van der Waals surface area (Å²) in [4.78, 5) is 0. The topological polar surface area (TPSA) is 118 Å². The molecule has 2 aliphatic rings. The molecular formula is C24H30O8. The molecule has 0 amide bonds. The van der Waals surface area contributed by atoms with E-state index >= 15 is 0 Å². The summed E-state index contributed by atoms with van der Waals surface area (Å²) in [5.74, 6) is 1.81. The summed E-state index contributed by atoms with van der Waals surface area (Å²) in [7, 11) is 3.14. The van der Waals surface area contributed by atoms with Gasteiger partial charge in [0.15, 0.2) is 11.5 Å².